The number of hydrogen-bond acceptors (Lipinski definition) is 2. The number of benzene rings is 1. The molecule has 0 fully saturated rings. The van der Waals surface area contributed by atoms with Gasteiger partial charge in [-0.3, -0.25) is 0 Å². The van der Waals surface area contributed by atoms with Crippen LogP contribution in [0.2, 0.25) is 0 Å². The average molecular weight is 258 g/mol. The first-order chi connectivity index (χ1) is 8.25. The maximum Gasteiger partial charge on any atom is 0.407 e. The second-order valence-electron chi connectivity index (χ2n) is 4.02. The zero-order valence-electron chi connectivity index (χ0n) is 9.92. The van der Waals surface area contributed by atoms with Gasteiger partial charge in [0.25, 0.3) is 0 Å². The Balaban J connectivity index is 3.09. The quantitative estimate of drug-likeness (QED) is 0.815. The van der Waals surface area contributed by atoms with E-state index in [1.54, 1.807) is 6.92 Å². The minimum Gasteiger partial charge on any atom is -0.391 e. The molecule has 1 rings (SSSR count). The van der Waals surface area contributed by atoms with Gasteiger partial charge in [0.15, 0.2) is 5.69 Å². The largest absolute Gasteiger partial charge is 0.407 e. The molecule has 0 radical (unpaired) electrons. The molecule has 2 atom stereocenters. The number of nitrogens with zero attached hydrogens (tertiary/aromatic N) is 1. The molecule has 1 aromatic rings. The van der Waals surface area contributed by atoms with E-state index in [4.69, 9.17) is 6.57 Å². The molecule has 98 valence electrons. The highest BCUT2D eigenvalue weighted by atomic mass is 19.4. The predicted molar refractivity (Wildman–Crippen MR) is 62.5 cm³/mol. The summed E-state index contributed by atoms with van der Waals surface area (Å²) in [7, 11) is 0. The zero-order chi connectivity index (χ0) is 13.9. The second-order valence-corrected chi connectivity index (χ2v) is 4.02. The fourth-order valence-corrected chi connectivity index (χ4v) is 1.33. The molecule has 2 N–H and O–H groups in total. The molecule has 0 heterocycles. The third kappa shape index (κ3) is 3.37. The molecular weight excluding hydrogens is 245 g/mol. The normalized spacial score (nSPS) is 14.7. The topological polar surface area (TPSA) is 36.6 Å². The van der Waals surface area contributed by atoms with Crippen molar-refractivity contribution in [1.82, 2.24) is 0 Å². The molecule has 1 aromatic carbocycles. The first-order valence-electron chi connectivity index (χ1n) is 5.29. The Bertz CT molecular complexity index is 463. The highest BCUT2D eigenvalue weighted by molar-refractivity contribution is 5.61. The van der Waals surface area contributed by atoms with Crippen LogP contribution in [0, 0.1) is 6.57 Å². The van der Waals surface area contributed by atoms with Crippen LogP contribution >= 0.6 is 0 Å². The lowest BCUT2D eigenvalue weighted by Crippen LogP contribution is -2.27. The van der Waals surface area contributed by atoms with Gasteiger partial charge >= 0.3 is 6.18 Å². The first kappa shape index (κ1) is 14.3. The molecule has 0 aliphatic rings. The van der Waals surface area contributed by atoms with Gasteiger partial charge in [0.2, 0.25) is 0 Å². The lowest BCUT2D eigenvalue weighted by atomic mass is 10.1. The predicted octanol–water partition coefficient (Wildman–Crippen LogP) is 3.44. The Morgan fingerprint density at radius 2 is 1.94 bits per heavy atom. The Morgan fingerprint density at radius 1 is 1.33 bits per heavy atom. The Kier molecular flexibility index (Phi) is 4.19. The summed E-state index contributed by atoms with van der Waals surface area (Å²) in [6.45, 7) is 9.90. The van der Waals surface area contributed by atoms with Crippen molar-refractivity contribution in [3.63, 3.8) is 0 Å². The van der Waals surface area contributed by atoms with E-state index in [1.165, 1.54) is 13.0 Å². The molecule has 0 aliphatic heterocycles. The SMILES string of the molecule is [C-]#[N+]c1ccc(N[C@@H](C)[C@H](C)O)cc1C(F)(F)F. The van der Waals surface area contributed by atoms with Crippen LogP contribution in [-0.2, 0) is 6.18 Å². The van der Waals surface area contributed by atoms with Crippen molar-refractivity contribution in [2.45, 2.75) is 32.2 Å². The van der Waals surface area contributed by atoms with Crippen LogP contribution in [0.5, 0.6) is 0 Å². The van der Waals surface area contributed by atoms with Gasteiger partial charge < -0.3 is 10.4 Å². The summed E-state index contributed by atoms with van der Waals surface area (Å²) in [5, 5.41) is 12.0. The minimum atomic E-state index is -4.56. The van der Waals surface area contributed by atoms with Crippen molar-refractivity contribution >= 4 is 11.4 Å². The molecule has 3 nitrogen and oxygen atoms in total. The standard InChI is InChI=1S/C12H13F3N2O/c1-7(8(2)18)17-9-4-5-11(16-3)10(6-9)12(13,14)15/h4-8,17-18H,1-2H3/t7-,8-/m0/s1. The van der Waals surface area contributed by atoms with E-state index in [-0.39, 0.29) is 11.7 Å². The lowest BCUT2D eigenvalue weighted by molar-refractivity contribution is -0.136. The number of anilines is 1. The smallest absolute Gasteiger partial charge is 0.391 e. The van der Waals surface area contributed by atoms with Crippen molar-refractivity contribution in [2.75, 3.05) is 5.32 Å². The lowest BCUT2D eigenvalue weighted by Gasteiger charge is -2.19. The first-order valence-corrected chi connectivity index (χ1v) is 5.29. The number of aliphatic hydroxyl groups excluding tert-OH is 1. The van der Waals surface area contributed by atoms with Gasteiger partial charge in [-0.1, -0.05) is 6.07 Å². The molecule has 0 aromatic heterocycles. The molecule has 6 heteroatoms. The number of aliphatic hydroxyl groups is 1. The highest BCUT2D eigenvalue weighted by Crippen LogP contribution is 2.38. The molecule has 0 saturated carbocycles. The number of nitrogens with one attached hydrogen (secondary N) is 1. The Labute approximate surface area is 103 Å². The fraction of sp³-hybridized carbons (Fsp3) is 0.417. The van der Waals surface area contributed by atoms with Crippen LogP contribution in [-0.4, -0.2) is 17.3 Å². The summed E-state index contributed by atoms with van der Waals surface area (Å²) in [6, 6.07) is 3.01. The van der Waals surface area contributed by atoms with Crippen LogP contribution in [0.1, 0.15) is 19.4 Å². The van der Waals surface area contributed by atoms with Gasteiger partial charge in [0.1, 0.15) is 0 Å². The summed E-state index contributed by atoms with van der Waals surface area (Å²) in [5.41, 5.74) is -1.18. The average Bonchev–Trinajstić information content (AvgIpc) is 2.27. The van der Waals surface area contributed by atoms with E-state index in [0.717, 1.165) is 12.1 Å². The van der Waals surface area contributed by atoms with Crippen molar-refractivity contribution in [3.8, 4) is 0 Å². The van der Waals surface area contributed by atoms with Gasteiger partial charge in [-0.25, -0.2) is 4.85 Å². The summed E-state index contributed by atoms with van der Waals surface area (Å²) in [4.78, 5) is 2.85. The molecule has 0 saturated heterocycles. The second kappa shape index (κ2) is 5.27. The fourth-order valence-electron chi connectivity index (χ4n) is 1.33. The molecule has 0 amide bonds. The summed E-state index contributed by atoms with van der Waals surface area (Å²) in [6.07, 6.45) is -5.26. The summed E-state index contributed by atoms with van der Waals surface area (Å²) >= 11 is 0. The van der Waals surface area contributed by atoms with E-state index >= 15 is 0 Å². The van der Waals surface area contributed by atoms with Crippen LogP contribution in [0.4, 0.5) is 24.5 Å². The molecule has 0 unspecified atom stereocenters. The third-order valence-electron chi connectivity index (χ3n) is 2.54. The van der Waals surface area contributed by atoms with Gasteiger partial charge in [-0.05, 0) is 26.0 Å². The van der Waals surface area contributed by atoms with Gasteiger partial charge in [0, 0.05) is 11.7 Å². The zero-order valence-corrected chi connectivity index (χ0v) is 9.92. The van der Waals surface area contributed by atoms with Crippen molar-refractivity contribution in [1.29, 1.82) is 0 Å². The molecule has 0 aliphatic carbocycles. The van der Waals surface area contributed by atoms with Crippen LogP contribution in [0.25, 0.3) is 4.85 Å². The van der Waals surface area contributed by atoms with Gasteiger partial charge in [-0.2, -0.15) is 13.2 Å². The highest BCUT2D eigenvalue weighted by Gasteiger charge is 2.33. The van der Waals surface area contributed by atoms with Crippen LogP contribution in [0.15, 0.2) is 18.2 Å². The summed E-state index contributed by atoms with van der Waals surface area (Å²) in [5.74, 6) is 0. The van der Waals surface area contributed by atoms with Crippen molar-refractivity contribution in [2.24, 2.45) is 0 Å². The molecular formula is C12H13F3N2O. The number of alkyl halides is 3. The number of hydrogen-bond donors (Lipinski definition) is 2. The van der Waals surface area contributed by atoms with Crippen molar-refractivity contribution < 1.29 is 18.3 Å². The van der Waals surface area contributed by atoms with Crippen LogP contribution in [0.3, 0.4) is 0 Å². The number of halogens is 3. The maximum atomic E-state index is 12.7. The van der Waals surface area contributed by atoms with E-state index < -0.39 is 23.5 Å². The molecule has 0 spiro atoms. The van der Waals surface area contributed by atoms with E-state index in [0.29, 0.717) is 0 Å². The monoisotopic (exact) mass is 258 g/mol. The van der Waals surface area contributed by atoms with Crippen LogP contribution < -0.4 is 5.32 Å². The third-order valence-corrected chi connectivity index (χ3v) is 2.54. The maximum absolute atomic E-state index is 12.7. The van der Waals surface area contributed by atoms with E-state index in [1.807, 2.05) is 0 Å². The van der Waals surface area contributed by atoms with E-state index in [2.05, 4.69) is 10.2 Å². The Morgan fingerprint density at radius 3 is 2.39 bits per heavy atom. The Hall–Kier alpha value is -1.74. The van der Waals surface area contributed by atoms with Gasteiger partial charge in [-0.15, -0.1) is 0 Å². The summed E-state index contributed by atoms with van der Waals surface area (Å²) < 4.78 is 38.1. The van der Waals surface area contributed by atoms with E-state index in [9.17, 15) is 18.3 Å². The van der Waals surface area contributed by atoms with Crippen molar-refractivity contribution in [3.05, 3.63) is 35.2 Å². The minimum absolute atomic E-state index is 0.225. The molecule has 18 heavy (non-hydrogen) atoms. The number of rotatable bonds is 3. The van der Waals surface area contributed by atoms with Gasteiger partial charge in [0.05, 0.1) is 18.2 Å². The molecule has 0 bridgehead atoms.